The maximum Gasteiger partial charge on any atom is 0.262 e. The van der Waals surface area contributed by atoms with Crippen LogP contribution in [0.1, 0.15) is 30.6 Å². The van der Waals surface area contributed by atoms with Gasteiger partial charge in [0.05, 0.1) is 18.8 Å². The maximum atomic E-state index is 12.6. The van der Waals surface area contributed by atoms with Crippen LogP contribution < -0.4 is 20.3 Å². The molecule has 29 heavy (non-hydrogen) atoms. The predicted octanol–water partition coefficient (Wildman–Crippen LogP) is 2.62. The minimum Gasteiger partial charge on any atom is -0.477 e. The third-order valence-corrected chi connectivity index (χ3v) is 4.61. The summed E-state index contributed by atoms with van der Waals surface area (Å²) in [6, 6.07) is 14.1. The zero-order valence-electron chi connectivity index (χ0n) is 16.6. The number of hydrogen-bond donors (Lipinski definition) is 2. The Kier molecular flexibility index (Phi) is 6.49. The van der Waals surface area contributed by atoms with E-state index in [4.69, 9.17) is 4.74 Å². The molecule has 0 radical (unpaired) electrons. The molecule has 152 valence electrons. The van der Waals surface area contributed by atoms with Crippen molar-refractivity contribution in [2.45, 2.75) is 26.4 Å². The second-order valence-corrected chi connectivity index (χ2v) is 6.93. The molecule has 0 unspecified atom stereocenters. The second kappa shape index (κ2) is 9.23. The van der Waals surface area contributed by atoms with Gasteiger partial charge in [-0.3, -0.25) is 14.4 Å². The number of hydrogen-bond acceptors (Lipinski definition) is 5. The van der Waals surface area contributed by atoms with E-state index in [1.165, 1.54) is 6.92 Å². The van der Waals surface area contributed by atoms with E-state index in [1.807, 2.05) is 30.0 Å². The van der Waals surface area contributed by atoms with Gasteiger partial charge in [-0.25, -0.2) is 0 Å². The minimum absolute atomic E-state index is 0.0276. The Morgan fingerprint density at radius 2 is 1.83 bits per heavy atom. The molecule has 3 rings (SSSR count). The lowest BCUT2D eigenvalue weighted by Crippen LogP contribution is -2.50. The van der Waals surface area contributed by atoms with Gasteiger partial charge in [0.2, 0.25) is 5.91 Å². The van der Waals surface area contributed by atoms with Gasteiger partial charge in [0.25, 0.3) is 5.91 Å². The zero-order chi connectivity index (χ0) is 20.8. The molecule has 2 aromatic rings. The van der Waals surface area contributed by atoms with Gasteiger partial charge in [-0.15, -0.1) is 0 Å². The summed E-state index contributed by atoms with van der Waals surface area (Å²) in [7, 11) is 0. The molecule has 0 saturated carbocycles. The first-order valence-corrected chi connectivity index (χ1v) is 9.67. The van der Waals surface area contributed by atoms with Crippen LogP contribution in [-0.2, 0) is 9.59 Å². The average Bonchev–Trinajstić information content (AvgIpc) is 2.72. The standard InChI is InChI=1S/C22H25N3O4/c1-3-12-23-22(28)20-13-25(18-6-4-5-7-19(18)29-20)14-21(27)24-17-10-8-16(9-11-17)15(2)26/h4-11,20H,3,12-14H2,1-2H3,(H,23,28)(H,24,27)/t20-/m1/s1. The Balaban J connectivity index is 1.69. The molecule has 2 aromatic carbocycles. The molecule has 1 aliphatic rings. The fraction of sp³-hybridized carbons (Fsp3) is 0.318. The highest BCUT2D eigenvalue weighted by Crippen LogP contribution is 2.33. The number of amides is 2. The molecule has 0 bridgehead atoms. The Labute approximate surface area is 170 Å². The molecule has 0 saturated heterocycles. The number of para-hydroxylation sites is 2. The molecule has 7 nitrogen and oxygen atoms in total. The summed E-state index contributed by atoms with van der Waals surface area (Å²) in [5.74, 6) is 0.144. The van der Waals surface area contributed by atoms with Gasteiger partial charge < -0.3 is 20.3 Å². The van der Waals surface area contributed by atoms with Crippen molar-refractivity contribution in [2.24, 2.45) is 0 Å². The Morgan fingerprint density at radius 3 is 2.52 bits per heavy atom. The topological polar surface area (TPSA) is 87.7 Å². The first-order chi connectivity index (χ1) is 14.0. The quantitative estimate of drug-likeness (QED) is 0.704. The number of rotatable bonds is 7. The average molecular weight is 395 g/mol. The number of fused-ring (bicyclic) bond motifs is 1. The van der Waals surface area contributed by atoms with Gasteiger partial charge >= 0.3 is 0 Å². The van der Waals surface area contributed by atoms with Crippen molar-refractivity contribution in [1.29, 1.82) is 0 Å². The Bertz CT molecular complexity index is 895. The first-order valence-electron chi connectivity index (χ1n) is 9.67. The first kappa shape index (κ1) is 20.4. The van der Waals surface area contributed by atoms with Crippen LogP contribution in [0, 0.1) is 0 Å². The summed E-state index contributed by atoms with van der Waals surface area (Å²) in [5.41, 5.74) is 1.97. The van der Waals surface area contributed by atoms with Crippen LogP contribution in [0.2, 0.25) is 0 Å². The number of Topliss-reactive ketones (excluding diaryl/α,β-unsaturated/α-hetero) is 1. The van der Waals surface area contributed by atoms with Gasteiger partial charge in [0.1, 0.15) is 5.75 Å². The number of anilines is 2. The number of nitrogens with zero attached hydrogens (tertiary/aromatic N) is 1. The van der Waals surface area contributed by atoms with Crippen molar-refractivity contribution in [1.82, 2.24) is 5.32 Å². The molecule has 0 fully saturated rings. The van der Waals surface area contributed by atoms with Crippen LogP contribution in [-0.4, -0.2) is 43.3 Å². The van der Waals surface area contributed by atoms with Crippen molar-refractivity contribution >= 4 is 29.0 Å². The third kappa shape index (κ3) is 5.13. The highest BCUT2D eigenvalue weighted by atomic mass is 16.5. The number of ketones is 1. The Hall–Kier alpha value is -3.35. The van der Waals surface area contributed by atoms with E-state index in [0.29, 0.717) is 23.5 Å². The molecule has 2 N–H and O–H groups in total. The zero-order valence-corrected chi connectivity index (χ0v) is 16.6. The summed E-state index contributed by atoms with van der Waals surface area (Å²) in [6.07, 6.45) is 0.156. The molecular formula is C22H25N3O4. The van der Waals surface area contributed by atoms with E-state index < -0.39 is 6.10 Å². The number of nitrogens with one attached hydrogen (secondary N) is 2. The van der Waals surface area contributed by atoms with E-state index >= 15 is 0 Å². The van der Waals surface area contributed by atoms with Crippen LogP contribution in [0.4, 0.5) is 11.4 Å². The van der Waals surface area contributed by atoms with E-state index in [1.54, 1.807) is 30.3 Å². The predicted molar refractivity (Wildman–Crippen MR) is 111 cm³/mol. The van der Waals surface area contributed by atoms with E-state index in [9.17, 15) is 14.4 Å². The summed E-state index contributed by atoms with van der Waals surface area (Å²) >= 11 is 0. The highest BCUT2D eigenvalue weighted by Gasteiger charge is 2.31. The molecule has 0 aliphatic carbocycles. The van der Waals surface area contributed by atoms with Gasteiger partial charge in [-0.05, 0) is 49.7 Å². The smallest absolute Gasteiger partial charge is 0.262 e. The lowest BCUT2D eigenvalue weighted by Gasteiger charge is -2.35. The summed E-state index contributed by atoms with van der Waals surface area (Å²) in [6.45, 7) is 4.42. The molecule has 0 spiro atoms. The summed E-state index contributed by atoms with van der Waals surface area (Å²) in [5, 5.41) is 5.67. The van der Waals surface area contributed by atoms with Crippen LogP contribution in [0.15, 0.2) is 48.5 Å². The van der Waals surface area contributed by atoms with Crippen LogP contribution in [0.3, 0.4) is 0 Å². The molecule has 1 heterocycles. The van der Waals surface area contributed by atoms with Gasteiger partial charge in [-0.1, -0.05) is 19.1 Å². The molecular weight excluding hydrogens is 370 g/mol. The normalized spacial score (nSPS) is 15.1. The van der Waals surface area contributed by atoms with Gasteiger partial charge in [0, 0.05) is 17.8 Å². The fourth-order valence-electron chi connectivity index (χ4n) is 3.12. The monoisotopic (exact) mass is 395 g/mol. The van der Waals surface area contributed by atoms with Crippen molar-refractivity contribution in [3.05, 3.63) is 54.1 Å². The van der Waals surface area contributed by atoms with Crippen LogP contribution in [0.25, 0.3) is 0 Å². The van der Waals surface area contributed by atoms with Crippen molar-refractivity contribution < 1.29 is 19.1 Å². The minimum atomic E-state index is -0.681. The van der Waals surface area contributed by atoms with Crippen molar-refractivity contribution in [3.63, 3.8) is 0 Å². The van der Waals surface area contributed by atoms with Gasteiger partial charge in [-0.2, -0.15) is 0 Å². The van der Waals surface area contributed by atoms with E-state index in [-0.39, 0.29) is 30.7 Å². The maximum absolute atomic E-state index is 12.6. The lowest BCUT2D eigenvalue weighted by molar-refractivity contribution is -0.128. The largest absolute Gasteiger partial charge is 0.477 e. The number of ether oxygens (including phenoxy) is 1. The van der Waals surface area contributed by atoms with E-state index in [0.717, 1.165) is 12.1 Å². The van der Waals surface area contributed by atoms with E-state index in [2.05, 4.69) is 10.6 Å². The Morgan fingerprint density at radius 1 is 1.10 bits per heavy atom. The highest BCUT2D eigenvalue weighted by molar-refractivity contribution is 5.97. The van der Waals surface area contributed by atoms with Gasteiger partial charge in [0.15, 0.2) is 11.9 Å². The molecule has 2 amide bonds. The molecule has 0 aromatic heterocycles. The number of benzene rings is 2. The SMILES string of the molecule is CCCNC(=O)[C@H]1CN(CC(=O)Nc2ccc(C(C)=O)cc2)c2ccccc2O1. The van der Waals surface area contributed by atoms with Crippen LogP contribution in [0.5, 0.6) is 5.75 Å². The van der Waals surface area contributed by atoms with Crippen molar-refractivity contribution in [3.8, 4) is 5.75 Å². The van der Waals surface area contributed by atoms with Crippen molar-refractivity contribution in [2.75, 3.05) is 29.9 Å². The van der Waals surface area contributed by atoms with Crippen LogP contribution >= 0.6 is 0 Å². The summed E-state index contributed by atoms with van der Waals surface area (Å²) in [4.78, 5) is 38.2. The summed E-state index contributed by atoms with van der Waals surface area (Å²) < 4.78 is 5.84. The second-order valence-electron chi connectivity index (χ2n) is 6.93. The molecule has 1 atom stereocenters. The third-order valence-electron chi connectivity index (χ3n) is 4.61. The number of carbonyl (C=O) groups is 3. The lowest BCUT2D eigenvalue weighted by atomic mass is 10.1. The molecule has 7 heteroatoms. The molecule has 1 aliphatic heterocycles. The number of carbonyl (C=O) groups excluding carboxylic acids is 3. The fourth-order valence-corrected chi connectivity index (χ4v) is 3.12.